The number of fused-ring (bicyclic) bond motifs is 1. The summed E-state index contributed by atoms with van der Waals surface area (Å²) in [6.07, 6.45) is 2.21. The van der Waals surface area contributed by atoms with E-state index in [0.717, 1.165) is 61.8 Å². The molecule has 1 aliphatic carbocycles. The van der Waals surface area contributed by atoms with Crippen LogP contribution in [0.25, 0.3) is 11.0 Å². The van der Waals surface area contributed by atoms with Gasteiger partial charge in [0.2, 0.25) is 11.8 Å². The summed E-state index contributed by atoms with van der Waals surface area (Å²) in [5.74, 6) is 0.0668. The van der Waals surface area contributed by atoms with Gasteiger partial charge in [-0.3, -0.25) is 19.4 Å². The standard InChI is InChI=1S/C18H24N6O2S/c1-12(18(26)19-13-5-6-13)24-9-7-23(8-10-24)11-16(25)20-14-3-2-4-15-17(14)22-27-21-15/h2-4,12-13H,5-11H2,1H3,(H,19,26)(H,20,25)/t12-/m0/s1. The number of anilines is 1. The first-order valence-corrected chi connectivity index (χ1v) is 10.1. The van der Waals surface area contributed by atoms with Crippen molar-refractivity contribution in [2.45, 2.75) is 31.8 Å². The van der Waals surface area contributed by atoms with Gasteiger partial charge in [-0.1, -0.05) is 6.07 Å². The molecular formula is C18H24N6O2S. The molecule has 2 N–H and O–H groups in total. The first kappa shape index (κ1) is 18.3. The summed E-state index contributed by atoms with van der Waals surface area (Å²) < 4.78 is 8.44. The van der Waals surface area contributed by atoms with Crippen molar-refractivity contribution in [3.8, 4) is 0 Å². The monoisotopic (exact) mass is 388 g/mol. The SMILES string of the molecule is C[C@@H](C(=O)NC1CC1)N1CCN(CC(=O)Nc2cccc3nsnc23)CC1. The van der Waals surface area contributed by atoms with E-state index in [4.69, 9.17) is 0 Å². The number of aromatic nitrogens is 2. The topological polar surface area (TPSA) is 90.5 Å². The minimum atomic E-state index is -0.114. The third-order valence-corrected chi connectivity index (χ3v) is 5.73. The highest BCUT2D eigenvalue weighted by Gasteiger charge is 2.30. The van der Waals surface area contributed by atoms with Gasteiger partial charge in [0.15, 0.2) is 0 Å². The van der Waals surface area contributed by atoms with Crippen molar-refractivity contribution >= 4 is 40.3 Å². The molecule has 1 aromatic carbocycles. The molecular weight excluding hydrogens is 364 g/mol. The van der Waals surface area contributed by atoms with Crippen LogP contribution in [0.2, 0.25) is 0 Å². The van der Waals surface area contributed by atoms with Crippen LogP contribution < -0.4 is 10.6 Å². The van der Waals surface area contributed by atoms with Crippen molar-refractivity contribution in [3.05, 3.63) is 18.2 Å². The second kappa shape index (κ2) is 7.87. The molecule has 144 valence electrons. The van der Waals surface area contributed by atoms with Crippen LogP contribution in [0.15, 0.2) is 18.2 Å². The quantitative estimate of drug-likeness (QED) is 0.765. The highest BCUT2D eigenvalue weighted by molar-refractivity contribution is 7.00. The van der Waals surface area contributed by atoms with Crippen LogP contribution in [0.5, 0.6) is 0 Å². The molecule has 1 saturated carbocycles. The number of amides is 2. The van der Waals surface area contributed by atoms with E-state index in [2.05, 4.69) is 29.2 Å². The van der Waals surface area contributed by atoms with Gasteiger partial charge in [0.25, 0.3) is 0 Å². The second-order valence-corrected chi connectivity index (χ2v) is 7.79. The first-order valence-electron chi connectivity index (χ1n) is 9.38. The second-order valence-electron chi connectivity index (χ2n) is 7.26. The molecule has 2 heterocycles. The fourth-order valence-corrected chi connectivity index (χ4v) is 3.87. The molecule has 1 saturated heterocycles. The summed E-state index contributed by atoms with van der Waals surface area (Å²) in [6, 6.07) is 5.87. The summed E-state index contributed by atoms with van der Waals surface area (Å²) in [5.41, 5.74) is 2.23. The third kappa shape index (κ3) is 4.42. The number of carbonyl (C=O) groups is 2. The Bertz CT molecular complexity index is 828. The van der Waals surface area contributed by atoms with Crippen molar-refractivity contribution in [3.63, 3.8) is 0 Å². The lowest BCUT2D eigenvalue weighted by Gasteiger charge is -2.37. The highest BCUT2D eigenvalue weighted by Crippen LogP contribution is 2.21. The molecule has 27 heavy (non-hydrogen) atoms. The molecule has 0 bridgehead atoms. The molecule has 9 heteroatoms. The van der Waals surface area contributed by atoms with Crippen LogP contribution in [-0.2, 0) is 9.59 Å². The van der Waals surface area contributed by atoms with Crippen molar-refractivity contribution in [2.24, 2.45) is 0 Å². The van der Waals surface area contributed by atoms with Crippen LogP contribution in [0.1, 0.15) is 19.8 Å². The lowest BCUT2D eigenvalue weighted by molar-refractivity contribution is -0.127. The first-order chi connectivity index (χ1) is 13.1. The molecule has 2 fully saturated rings. The van der Waals surface area contributed by atoms with Crippen molar-refractivity contribution in [2.75, 3.05) is 38.0 Å². The minimum Gasteiger partial charge on any atom is -0.352 e. The Morgan fingerprint density at radius 2 is 2.00 bits per heavy atom. The molecule has 2 aliphatic rings. The van der Waals surface area contributed by atoms with Crippen LogP contribution in [-0.4, -0.2) is 75.2 Å². The summed E-state index contributed by atoms with van der Waals surface area (Å²) in [4.78, 5) is 28.9. The maximum atomic E-state index is 12.4. The van der Waals surface area contributed by atoms with Gasteiger partial charge in [-0.05, 0) is 31.9 Å². The Kier molecular flexibility index (Phi) is 5.33. The molecule has 1 aromatic heterocycles. The van der Waals surface area contributed by atoms with Crippen LogP contribution in [0, 0.1) is 0 Å². The fraction of sp³-hybridized carbons (Fsp3) is 0.556. The Balaban J connectivity index is 1.25. The molecule has 1 atom stereocenters. The number of piperazine rings is 1. The Morgan fingerprint density at radius 3 is 2.74 bits per heavy atom. The smallest absolute Gasteiger partial charge is 0.238 e. The normalized spacial score (nSPS) is 19.7. The van der Waals surface area contributed by atoms with Crippen LogP contribution in [0.4, 0.5) is 5.69 Å². The van der Waals surface area contributed by atoms with E-state index in [9.17, 15) is 9.59 Å². The van der Waals surface area contributed by atoms with Gasteiger partial charge in [0, 0.05) is 32.2 Å². The number of rotatable bonds is 6. The van der Waals surface area contributed by atoms with E-state index in [1.54, 1.807) is 0 Å². The average Bonchev–Trinajstić information content (AvgIpc) is 3.34. The van der Waals surface area contributed by atoms with Gasteiger partial charge in [-0.25, -0.2) is 0 Å². The number of nitrogens with zero attached hydrogens (tertiary/aromatic N) is 4. The van der Waals surface area contributed by atoms with Crippen LogP contribution >= 0.6 is 11.7 Å². The largest absolute Gasteiger partial charge is 0.352 e. The highest BCUT2D eigenvalue weighted by atomic mass is 32.1. The van der Waals surface area contributed by atoms with Crippen molar-refractivity contribution < 1.29 is 9.59 Å². The van der Waals surface area contributed by atoms with Crippen LogP contribution in [0.3, 0.4) is 0 Å². The minimum absolute atomic E-state index is 0.0523. The van der Waals surface area contributed by atoms with E-state index in [-0.39, 0.29) is 17.9 Å². The number of nitrogens with one attached hydrogen (secondary N) is 2. The summed E-state index contributed by atoms with van der Waals surface area (Å²) >= 11 is 1.14. The lowest BCUT2D eigenvalue weighted by atomic mass is 10.2. The number of hydrogen-bond donors (Lipinski definition) is 2. The molecule has 0 unspecified atom stereocenters. The summed E-state index contributed by atoms with van der Waals surface area (Å²) in [5, 5.41) is 6.01. The Labute approximate surface area is 162 Å². The van der Waals surface area contributed by atoms with Crippen molar-refractivity contribution in [1.29, 1.82) is 0 Å². The van der Waals surface area contributed by atoms with Gasteiger partial charge >= 0.3 is 0 Å². The third-order valence-electron chi connectivity index (χ3n) is 5.19. The molecule has 2 amide bonds. The van der Waals surface area contributed by atoms with E-state index in [1.165, 1.54) is 0 Å². The van der Waals surface area contributed by atoms with Gasteiger partial charge in [0.1, 0.15) is 11.0 Å². The molecule has 0 spiro atoms. The van der Waals surface area contributed by atoms with Gasteiger partial charge in [-0.15, -0.1) is 0 Å². The zero-order chi connectivity index (χ0) is 18.8. The summed E-state index contributed by atoms with van der Waals surface area (Å²) in [7, 11) is 0. The summed E-state index contributed by atoms with van der Waals surface area (Å²) in [6.45, 7) is 5.43. The van der Waals surface area contributed by atoms with Gasteiger partial charge < -0.3 is 10.6 Å². The average molecular weight is 388 g/mol. The molecule has 1 aliphatic heterocycles. The molecule has 2 aromatic rings. The fourth-order valence-electron chi connectivity index (χ4n) is 3.32. The zero-order valence-electron chi connectivity index (χ0n) is 15.4. The molecule has 4 rings (SSSR count). The molecule has 8 nitrogen and oxygen atoms in total. The number of benzene rings is 1. The number of hydrogen-bond acceptors (Lipinski definition) is 7. The predicted molar refractivity (Wildman–Crippen MR) is 105 cm³/mol. The maximum absolute atomic E-state index is 12.4. The lowest BCUT2D eigenvalue weighted by Crippen LogP contribution is -2.55. The van der Waals surface area contributed by atoms with Crippen molar-refractivity contribution in [1.82, 2.24) is 23.9 Å². The van der Waals surface area contributed by atoms with Gasteiger partial charge in [0.05, 0.1) is 30.0 Å². The maximum Gasteiger partial charge on any atom is 0.238 e. The molecule has 0 radical (unpaired) electrons. The van der Waals surface area contributed by atoms with E-state index >= 15 is 0 Å². The Hall–Kier alpha value is -2.10. The number of carbonyl (C=O) groups excluding carboxylic acids is 2. The van der Waals surface area contributed by atoms with E-state index in [1.807, 2.05) is 25.1 Å². The van der Waals surface area contributed by atoms with E-state index < -0.39 is 0 Å². The predicted octanol–water partition coefficient (Wildman–Crippen LogP) is 0.914. The Morgan fingerprint density at radius 1 is 1.22 bits per heavy atom. The van der Waals surface area contributed by atoms with E-state index in [0.29, 0.717) is 18.3 Å². The van der Waals surface area contributed by atoms with Gasteiger partial charge in [-0.2, -0.15) is 8.75 Å². The zero-order valence-corrected chi connectivity index (χ0v) is 16.2.